The highest BCUT2D eigenvalue weighted by atomic mass is 14.9. The van der Waals surface area contributed by atoms with Gasteiger partial charge in [0.25, 0.3) is 0 Å². The van der Waals surface area contributed by atoms with Crippen molar-refractivity contribution >= 4 is 17.7 Å². The quantitative estimate of drug-likeness (QED) is 0.436. The first kappa shape index (κ1) is 17.3. The number of hydrogen-bond acceptors (Lipinski definition) is 1. The molecule has 0 aliphatic carbocycles. The summed E-state index contributed by atoms with van der Waals surface area (Å²) in [4.78, 5) is 4.46. The number of benzene rings is 2. The summed E-state index contributed by atoms with van der Waals surface area (Å²) in [7, 11) is 0. The SMILES string of the molecule is CCCCc1ccc(N=CNc2ccc(CCCC)cc2)cc1. The molecule has 0 aromatic heterocycles. The lowest BCUT2D eigenvalue weighted by Gasteiger charge is -2.03. The lowest BCUT2D eigenvalue weighted by molar-refractivity contribution is 0.795. The van der Waals surface area contributed by atoms with E-state index in [0.717, 1.165) is 24.2 Å². The molecule has 0 bridgehead atoms. The maximum Gasteiger partial charge on any atom is 0.0930 e. The van der Waals surface area contributed by atoms with E-state index in [1.807, 2.05) is 0 Å². The van der Waals surface area contributed by atoms with Gasteiger partial charge in [0.05, 0.1) is 12.0 Å². The lowest BCUT2D eigenvalue weighted by atomic mass is 10.1. The molecular formula is C21H28N2. The Hall–Kier alpha value is -2.09. The summed E-state index contributed by atoms with van der Waals surface area (Å²) in [6.45, 7) is 4.45. The normalized spacial score (nSPS) is 11.0. The molecule has 0 aliphatic heterocycles. The monoisotopic (exact) mass is 308 g/mol. The minimum Gasteiger partial charge on any atom is -0.346 e. The molecule has 0 atom stereocenters. The molecule has 0 amide bonds. The molecule has 2 rings (SSSR count). The van der Waals surface area contributed by atoms with Crippen LogP contribution in [0.4, 0.5) is 11.4 Å². The predicted molar refractivity (Wildman–Crippen MR) is 102 cm³/mol. The summed E-state index contributed by atoms with van der Waals surface area (Å²) in [6, 6.07) is 17.1. The minimum absolute atomic E-state index is 0.984. The van der Waals surface area contributed by atoms with Crippen LogP contribution in [0.1, 0.15) is 50.7 Å². The summed E-state index contributed by atoms with van der Waals surface area (Å²) < 4.78 is 0. The molecule has 0 saturated carbocycles. The molecule has 122 valence electrons. The van der Waals surface area contributed by atoms with Crippen molar-refractivity contribution in [3.8, 4) is 0 Å². The number of rotatable bonds is 9. The number of nitrogens with one attached hydrogen (secondary N) is 1. The summed E-state index contributed by atoms with van der Waals surface area (Å²) in [5.41, 5.74) is 4.85. The zero-order chi connectivity index (χ0) is 16.3. The predicted octanol–water partition coefficient (Wildman–Crippen LogP) is 6.14. The van der Waals surface area contributed by atoms with Crippen LogP contribution < -0.4 is 5.32 Å². The van der Waals surface area contributed by atoms with Gasteiger partial charge in [-0.3, -0.25) is 0 Å². The first-order valence-electron chi connectivity index (χ1n) is 8.78. The Morgan fingerprint density at radius 1 is 0.783 bits per heavy atom. The second-order valence-corrected chi connectivity index (χ2v) is 5.97. The zero-order valence-electron chi connectivity index (χ0n) is 14.4. The Morgan fingerprint density at radius 3 is 1.83 bits per heavy atom. The highest BCUT2D eigenvalue weighted by Gasteiger charge is 1.95. The Bertz CT molecular complexity index is 582. The Labute approximate surface area is 140 Å². The van der Waals surface area contributed by atoms with Crippen LogP contribution in [0.3, 0.4) is 0 Å². The van der Waals surface area contributed by atoms with Crippen LogP contribution in [-0.4, -0.2) is 6.34 Å². The third-order valence-electron chi connectivity index (χ3n) is 3.97. The summed E-state index contributed by atoms with van der Waals surface area (Å²) in [5, 5.41) is 3.23. The number of anilines is 1. The van der Waals surface area contributed by atoms with E-state index in [2.05, 4.69) is 72.7 Å². The number of hydrogen-bond donors (Lipinski definition) is 1. The molecule has 0 spiro atoms. The van der Waals surface area contributed by atoms with Crippen LogP contribution >= 0.6 is 0 Å². The van der Waals surface area contributed by atoms with E-state index >= 15 is 0 Å². The van der Waals surface area contributed by atoms with Crippen molar-refractivity contribution in [3.05, 3.63) is 59.7 Å². The number of aryl methyl sites for hydroxylation is 2. The van der Waals surface area contributed by atoms with Crippen LogP contribution in [0.2, 0.25) is 0 Å². The first-order chi connectivity index (χ1) is 11.3. The minimum atomic E-state index is 0.984. The molecule has 0 unspecified atom stereocenters. The highest BCUT2D eigenvalue weighted by Crippen LogP contribution is 2.15. The molecule has 2 aromatic rings. The number of aliphatic imine (C=N–C) groups is 1. The molecule has 0 heterocycles. The summed E-state index contributed by atoms with van der Waals surface area (Å²) in [6.07, 6.45) is 9.06. The van der Waals surface area contributed by atoms with E-state index in [1.165, 1.54) is 36.8 Å². The standard InChI is InChI=1S/C21H28N2/c1-3-5-7-18-9-13-20(14-10-18)22-17-23-21-15-11-19(12-16-21)8-6-4-2/h9-17H,3-8H2,1-2H3,(H,22,23). The first-order valence-corrected chi connectivity index (χ1v) is 8.78. The maximum atomic E-state index is 4.46. The number of unbranched alkanes of at least 4 members (excludes halogenated alkanes) is 2. The maximum absolute atomic E-state index is 4.46. The van der Waals surface area contributed by atoms with Crippen LogP contribution in [0.25, 0.3) is 0 Å². The van der Waals surface area contributed by atoms with Gasteiger partial charge in [-0.2, -0.15) is 0 Å². The van der Waals surface area contributed by atoms with Gasteiger partial charge in [0.1, 0.15) is 0 Å². The van der Waals surface area contributed by atoms with E-state index in [4.69, 9.17) is 0 Å². The van der Waals surface area contributed by atoms with Crippen molar-refractivity contribution in [2.45, 2.75) is 52.4 Å². The number of nitrogens with zero attached hydrogens (tertiary/aromatic N) is 1. The summed E-state index contributed by atoms with van der Waals surface area (Å²) in [5.74, 6) is 0. The molecular weight excluding hydrogens is 280 g/mol. The van der Waals surface area contributed by atoms with E-state index in [9.17, 15) is 0 Å². The fourth-order valence-electron chi connectivity index (χ4n) is 2.46. The van der Waals surface area contributed by atoms with Crippen molar-refractivity contribution in [2.75, 3.05) is 5.32 Å². The van der Waals surface area contributed by atoms with Gasteiger partial charge in [-0.05, 0) is 61.1 Å². The van der Waals surface area contributed by atoms with E-state index in [1.54, 1.807) is 6.34 Å². The molecule has 2 aromatic carbocycles. The van der Waals surface area contributed by atoms with Crippen LogP contribution in [0.15, 0.2) is 53.5 Å². The molecule has 2 nitrogen and oxygen atoms in total. The van der Waals surface area contributed by atoms with Gasteiger partial charge in [-0.1, -0.05) is 51.0 Å². The van der Waals surface area contributed by atoms with Crippen molar-refractivity contribution in [2.24, 2.45) is 4.99 Å². The van der Waals surface area contributed by atoms with Crippen molar-refractivity contribution in [1.82, 2.24) is 0 Å². The Morgan fingerprint density at radius 2 is 1.30 bits per heavy atom. The second-order valence-electron chi connectivity index (χ2n) is 5.97. The van der Waals surface area contributed by atoms with Crippen LogP contribution in [0, 0.1) is 0 Å². The average molecular weight is 308 g/mol. The topological polar surface area (TPSA) is 24.4 Å². The third kappa shape index (κ3) is 6.27. The van der Waals surface area contributed by atoms with E-state index in [-0.39, 0.29) is 0 Å². The molecule has 1 N–H and O–H groups in total. The second kappa shape index (κ2) is 9.83. The van der Waals surface area contributed by atoms with Crippen LogP contribution in [-0.2, 0) is 12.8 Å². The largest absolute Gasteiger partial charge is 0.346 e. The lowest BCUT2D eigenvalue weighted by Crippen LogP contribution is -1.94. The van der Waals surface area contributed by atoms with Gasteiger partial charge in [-0.15, -0.1) is 0 Å². The average Bonchev–Trinajstić information content (AvgIpc) is 2.60. The van der Waals surface area contributed by atoms with Crippen LogP contribution in [0.5, 0.6) is 0 Å². The molecule has 0 saturated heterocycles. The molecule has 2 heteroatoms. The van der Waals surface area contributed by atoms with Crippen molar-refractivity contribution < 1.29 is 0 Å². The van der Waals surface area contributed by atoms with Gasteiger partial charge in [0.2, 0.25) is 0 Å². The third-order valence-corrected chi connectivity index (χ3v) is 3.97. The fourth-order valence-corrected chi connectivity index (χ4v) is 2.46. The van der Waals surface area contributed by atoms with E-state index < -0.39 is 0 Å². The fraction of sp³-hybridized carbons (Fsp3) is 0.381. The van der Waals surface area contributed by atoms with Gasteiger partial charge >= 0.3 is 0 Å². The zero-order valence-corrected chi connectivity index (χ0v) is 14.4. The van der Waals surface area contributed by atoms with Crippen molar-refractivity contribution in [3.63, 3.8) is 0 Å². The van der Waals surface area contributed by atoms with Gasteiger partial charge in [0, 0.05) is 5.69 Å². The van der Waals surface area contributed by atoms with Gasteiger partial charge in [0.15, 0.2) is 0 Å². The van der Waals surface area contributed by atoms with E-state index in [0.29, 0.717) is 0 Å². The smallest absolute Gasteiger partial charge is 0.0930 e. The van der Waals surface area contributed by atoms with Crippen molar-refractivity contribution in [1.29, 1.82) is 0 Å². The Balaban J connectivity index is 1.83. The molecule has 0 aliphatic rings. The Kier molecular flexibility index (Phi) is 7.38. The summed E-state index contributed by atoms with van der Waals surface area (Å²) >= 11 is 0. The molecule has 0 radical (unpaired) electrons. The van der Waals surface area contributed by atoms with Gasteiger partial charge < -0.3 is 5.32 Å². The van der Waals surface area contributed by atoms with Gasteiger partial charge in [-0.25, -0.2) is 4.99 Å². The molecule has 0 fully saturated rings. The molecule has 23 heavy (non-hydrogen) atoms. The highest BCUT2D eigenvalue weighted by molar-refractivity contribution is 5.77.